The Morgan fingerprint density at radius 1 is 1.19 bits per heavy atom. The number of hydrogen-bond acceptors (Lipinski definition) is 3. The average molecular weight is 381 g/mol. The number of imidazole rings is 1. The van der Waals surface area contributed by atoms with E-state index < -0.39 is 43.0 Å². The van der Waals surface area contributed by atoms with E-state index in [1.165, 1.54) is 6.20 Å². The number of halogens is 3. The first-order chi connectivity index (χ1) is 12.8. The van der Waals surface area contributed by atoms with Gasteiger partial charge in [0.05, 0.1) is 24.6 Å². The Kier molecular flexibility index (Phi) is 5.20. The van der Waals surface area contributed by atoms with Crippen LogP contribution < -0.4 is 0 Å². The van der Waals surface area contributed by atoms with Gasteiger partial charge in [-0.25, -0.2) is 4.98 Å². The third-order valence-corrected chi connectivity index (χ3v) is 4.74. The van der Waals surface area contributed by atoms with Crippen molar-refractivity contribution in [1.29, 1.82) is 0 Å². The first-order valence-electron chi connectivity index (χ1n) is 8.36. The lowest BCUT2D eigenvalue weighted by atomic mass is 9.96. The van der Waals surface area contributed by atoms with E-state index >= 15 is 0 Å². The molecular weight excluding hydrogens is 363 g/mol. The molecule has 9 heteroatoms. The molecule has 144 valence electrons. The van der Waals surface area contributed by atoms with Gasteiger partial charge in [0.2, 0.25) is 5.91 Å². The number of carboxylic acids is 1. The first-order valence-corrected chi connectivity index (χ1v) is 8.36. The van der Waals surface area contributed by atoms with Crippen LogP contribution in [0.25, 0.3) is 0 Å². The highest BCUT2D eigenvalue weighted by molar-refractivity contribution is 5.80. The number of hydrogen-bond donors (Lipinski definition) is 1. The van der Waals surface area contributed by atoms with Crippen LogP contribution in [0.3, 0.4) is 0 Å². The van der Waals surface area contributed by atoms with Gasteiger partial charge in [-0.3, -0.25) is 9.59 Å². The summed E-state index contributed by atoms with van der Waals surface area (Å²) in [4.78, 5) is 28.6. The van der Waals surface area contributed by atoms with Crippen LogP contribution in [0, 0.1) is 11.8 Å². The van der Waals surface area contributed by atoms with Crippen molar-refractivity contribution in [2.75, 3.05) is 13.1 Å². The smallest absolute Gasteiger partial charge is 0.394 e. The number of carbonyl (C=O) groups is 2. The number of carbonyl (C=O) groups excluding carboxylic acids is 1. The average Bonchev–Trinajstić information content (AvgIpc) is 3.23. The Labute approximate surface area is 153 Å². The molecule has 2 atom stereocenters. The van der Waals surface area contributed by atoms with E-state index in [0.717, 1.165) is 10.5 Å². The molecule has 1 saturated heterocycles. The maximum atomic E-state index is 13.1. The highest BCUT2D eigenvalue weighted by Crippen LogP contribution is 2.37. The summed E-state index contributed by atoms with van der Waals surface area (Å²) < 4.78 is 41.0. The third kappa shape index (κ3) is 4.29. The monoisotopic (exact) mass is 381 g/mol. The normalized spacial score (nSPS) is 20.0. The van der Waals surface area contributed by atoms with Gasteiger partial charge in [0.25, 0.3) is 0 Å². The zero-order valence-electron chi connectivity index (χ0n) is 14.3. The van der Waals surface area contributed by atoms with Gasteiger partial charge in [-0.1, -0.05) is 30.3 Å². The summed E-state index contributed by atoms with van der Waals surface area (Å²) in [5.41, 5.74) is 1.56. The van der Waals surface area contributed by atoms with Crippen molar-refractivity contribution in [3.63, 3.8) is 0 Å². The van der Waals surface area contributed by atoms with Gasteiger partial charge in [-0.2, -0.15) is 13.2 Å². The molecule has 1 aliphatic heterocycles. The molecule has 1 N–H and O–H groups in total. The summed E-state index contributed by atoms with van der Waals surface area (Å²) in [6.07, 6.45) is -1.75. The molecule has 3 rings (SSSR count). The van der Waals surface area contributed by atoms with Crippen molar-refractivity contribution in [3.8, 4) is 0 Å². The number of aliphatic carboxylic acids is 1. The quantitative estimate of drug-likeness (QED) is 0.862. The second-order valence-corrected chi connectivity index (χ2v) is 6.57. The lowest BCUT2D eigenvalue weighted by Crippen LogP contribution is -2.34. The van der Waals surface area contributed by atoms with E-state index in [2.05, 4.69) is 4.98 Å². The molecule has 0 unspecified atom stereocenters. The Morgan fingerprint density at radius 2 is 1.89 bits per heavy atom. The molecule has 1 aromatic carbocycles. The molecule has 1 aromatic heterocycles. The van der Waals surface area contributed by atoms with Gasteiger partial charge in [-0.15, -0.1) is 0 Å². The Bertz CT molecular complexity index is 820. The minimum atomic E-state index is -4.66. The molecule has 0 saturated carbocycles. The first kappa shape index (κ1) is 18.9. The third-order valence-electron chi connectivity index (χ3n) is 4.74. The molecular formula is C18H18F3N3O3. The minimum Gasteiger partial charge on any atom is -0.481 e. The number of amides is 1. The van der Waals surface area contributed by atoms with Crippen molar-refractivity contribution in [1.82, 2.24) is 14.5 Å². The van der Waals surface area contributed by atoms with E-state index in [4.69, 9.17) is 5.11 Å². The van der Waals surface area contributed by atoms with Crippen LogP contribution >= 0.6 is 0 Å². The minimum absolute atomic E-state index is 0.135. The topological polar surface area (TPSA) is 75.4 Å². The second-order valence-electron chi connectivity index (χ2n) is 6.57. The Balaban J connectivity index is 1.70. The number of nitrogens with zero attached hydrogens (tertiary/aromatic N) is 3. The largest absolute Gasteiger partial charge is 0.481 e. The number of alkyl halides is 3. The molecule has 0 radical (unpaired) electrons. The van der Waals surface area contributed by atoms with Crippen LogP contribution in [0.15, 0.2) is 42.9 Å². The van der Waals surface area contributed by atoms with Crippen molar-refractivity contribution >= 4 is 11.9 Å². The van der Waals surface area contributed by atoms with Gasteiger partial charge in [0, 0.05) is 31.5 Å². The number of rotatable bonds is 5. The SMILES string of the molecule is O=C(O)[C@@H]1CN(C(=O)Cc2cncn2Cc2ccccc2)C[C@H]1C(F)(F)F. The van der Waals surface area contributed by atoms with E-state index in [1.54, 1.807) is 10.9 Å². The fourth-order valence-corrected chi connectivity index (χ4v) is 3.27. The van der Waals surface area contributed by atoms with Crippen LogP contribution in [0.2, 0.25) is 0 Å². The molecule has 27 heavy (non-hydrogen) atoms. The zero-order valence-corrected chi connectivity index (χ0v) is 14.3. The summed E-state index contributed by atoms with van der Waals surface area (Å²) in [5, 5.41) is 9.06. The summed E-state index contributed by atoms with van der Waals surface area (Å²) in [5.74, 6) is -5.76. The van der Waals surface area contributed by atoms with Crippen molar-refractivity contribution in [2.24, 2.45) is 11.8 Å². The zero-order chi connectivity index (χ0) is 19.6. The van der Waals surface area contributed by atoms with E-state index in [1.807, 2.05) is 30.3 Å². The molecule has 1 fully saturated rings. The molecule has 0 aliphatic carbocycles. The molecule has 2 heterocycles. The van der Waals surface area contributed by atoms with Gasteiger partial charge in [0.15, 0.2) is 0 Å². The summed E-state index contributed by atoms with van der Waals surface area (Å²) in [6, 6.07) is 9.47. The molecule has 2 aromatic rings. The fraction of sp³-hybridized carbons (Fsp3) is 0.389. The number of carboxylic acid groups (broad SMARTS) is 1. The van der Waals surface area contributed by atoms with Crippen LogP contribution in [0.4, 0.5) is 13.2 Å². The maximum absolute atomic E-state index is 13.1. The van der Waals surface area contributed by atoms with Crippen LogP contribution in [-0.4, -0.2) is 50.7 Å². The van der Waals surface area contributed by atoms with E-state index in [9.17, 15) is 22.8 Å². The number of likely N-dealkylation sites (tertiary alicyclic amines) is 1. The van der Waals surface area contributed by atoms with Crippen LogP contribution in [-0.2, 0) is 22.6 Å². The Morgan fingerprint density at radius 3 is 2.48 bits per heavy atom. The predicted molar refractivity (Wildman–Crippen MR) is 88.7 cm³/mol. The van der Waals surface area contributed by atoms with E-state index in [0.29, 0.717) is 12.2 Å². The van der Waals surface area contributed by atoms with E-state index in [-0.39, 0.29) is 6.42 Å². The maximum Gasteiger partial charge on any atom is 0.394 e. The number of aromatic nitrogens is 2. The molecule has 1 amide bonds. The van der Waals surface area contributed by atoms with Gasteiger partial charge < -0.3 is 14.6 Å². The second kappa shape index (κ2) is 7.42. The Hall–Kier alpha value is -2.84. The molecule has 0 bridgehead atoms. The molecule has 0 spiro atoms. The van der Waals surface area contributed by atoms with Gasteiger partial charge >= 0.3 is 12.1 Å². The highest BCUT2D eigenvalue weighted by atomic mass is 19.4. The standard InChI is InChI=1S/C18H18F3N3O3/c19-18(20,21)15-10-23(9-14(15)17(26)27)16(25)6-13-7-22-11-24(13)8-12-4-2-1-3-5-12/h1-5,7,11,14-15H,6,8-10H2,(H,26,27)/t14-,15-/m1/s1. The van der Waals surface area contributed by atoms with Crippen molar-refractivity contribution in [3.05, 3.63) is 54.1 Å². The van der Waals surface area contributed by atoms with Crippen molar-refractivity contribution in [2.45, 2.75) is 19.1 Å². The van der Waals surface area contributed by atoms with Gasteiger partial charge in [0.1, 0.15) is 0 Å². The lowest BCUT2D eigenvalue weighted by molar-refractivity contribution is -0.188. The fourth-order valence-electron chi connectivity index (χ4n) is 3.27. The van der Waals surface area contributed by atoms with Crippen LogP contribution in [0.1, 0.15) is 11.3 Å². The molecule has 1 aliphatic rings. The van der Waals surface area contributed by atoms with Crippen molar-refractivity contribution < 1.29 is 27.9 Å². The summed E-state index contributed by atoms with van der Waals surface area (Å²) >= 11 is 0. The van der Waals surface area contributed by atoms with Crippen LogP contribution in [0.5, 0.6) is 0 Å². The number of benzene rings is 1. The molecule has 6 nitrogen and oxygen atoms in total. The highest BCUT2D eigenvalue weighted by Gasteiger charge is 2.53. The lowest BCUT2D eigenvalue weighted by Gasteiger charge is -2.18. The predicted octanol–water partition coefficient (Wildman–Crippen LogP) is 2.20. The summed E-state index contributed by atoms with van der Waals surface area (Å²) in [7, 11) is 0. The summed E-state index contributed by atoms with van der Waals surface area (Å²) in [6.45, 7) is -0.594. The van der Waals surface area contributed by atoms with Gasteiger partial charge in [-0.05, 0) is 5.56 Å².